The van der Waals surface area contributed by atoms with Crippen molar-refractivity contribution in [1.29, 1.82) is 0 Å². The Labute approximate surface area is 89.7 Å². The van der Waals surface area contributed by atoms with Gasteiger partial charge in [-0.25, -0.2) is 4.39 Å². The van der Waals surface area contributed by atoms with Crippen LogP contribution in [-0.2, 0) is 0 Å². The first-order valence-electron chi connectivity index (χ1n) is 3.81. The molecule has 0 bridgehead atoms. The second kappa shape index (κ2) is 4.40. The Kier molecular flexibility index (Phi) is 3.71. The van der Waals surface area contributed by atoms with Gasteiger partial charge in [0.15, 0.2) is 0 Å². The summed E-state index contributed by atoms with van der Waals surface area (Å²) < 4.78 is 13.3. The van der Waals surface area contributed by atoms with Crippen molar-refractivity contribution in [1.82, 2.24) is 0 Å². The molecule has 1 unspecified atom stereocenters. The molecule has 1 N–H and O–H groups in total. The number of hydrogen-bond donors (Lipinski definition) is 1. The van der Waals surface area contributed by atoms with Gasteiger partial charge in [0.05, 0.1) is 4.47 Å². The average Bonchev–Trinajstić information content (AvgIpc) is 2.10. The molecule has 0 radical (unpaired) electrons. The van der Waals surface area contributed by atoms with Crippen LogP contribution in [-0.4, -0.2) is 11.7 Å². The summed E-state index contributed by atoms with van der Waals surface area (Å²) in [6.07, 6.45) is 0. The maximum absolute atomic E-state index is 12.9. The molecule has 0 aliphatic carbocycles. The zero-order valence-electron chi connectivity index (χ0n) is 7.02. The number of aliphatic hydroxyl groups excluding tert-OH is 1. The molecule has 1 aromatic carbocycles. The Balaban J connectivity index is 3.15. The lowest BCUT2D eigenvalue weighted by Crippen LogP contribution is -2.00. The fraction of sp³-hybridized carbons (Fsp3) is 0.333. The first kappa shape index (κ1) is 11.0. The first-order valence-corrected chi connectivity index (χ1v) is 4.98. The molecule has 13 heavy (non-hydrogen) atoms. The molecule has 4 heteroatoms. The molecule has 1 rings (SSSR count). The van der Waals surface area contributed by atoms with Crippen LogP contribution in [0.5, 0.6) is 0 Å². The van der Waals surface area contributed by atoms with Crippen LogP contribution in [0.15, 0.2) is 16.6 Å². The first-order chi connectivity index (χ1) is 6.06. The normalized spacial score (nSPS) is 13.0. The highest BCUT2D eigenvalue weighted by Crippen LogP contribution is 2.29. The van der Waals surface area contributed by atoms with Crippen LogP contribution in [0.4, 0.5) is 4.39 Å². The van der Waals surface area contributed by atoms with Gasteiger partial charge in [-0.1, -0.05) is 18.5 Å². The third-order valence-corrected chi connectivity index (χ3v) is 2.78. The maximum atomic E-state index is 12.9. The molecule has 0 saturated carbocycles. The van der Waals surface area contributed by atoms with Gasteiger partial charge in [0.2, 0.25) is 0 Å². The molecule has 1 nitrogen and oxygen atoms in total. The topological polar surface area (TPSA) is 20.2 Å². The Morgan fingerprint density at radius 3 is 2.77 bits per heavy atom. The largest absolute Gasteiger partial charge is 0.396 e. The number of hydrogen-bond acceptors (Lipinski definition) is 1. The Hall–Kier alpha value is -0.120. The lowest BCUT2D eigenvalue weighted by atomic mass is 10.0. The van der Waals surface area contributed by atoms with Crippen molar-refractivity contribution >= 4 is 27.5 Å². The molecular weight excluding hydrogens is 258 g/mol. The van der Waals surface area contributed by atoms with Gasteiger partial charge in [0.25, 0.3) is 0 Å². The molecule has 0 aliphatic heterocycles. The summed E-state index contributed by atoms with van der Waals surface area (Å²) in [6.45, 7) is 1.82. The van der Waals surface area contributed by atoms with Gasteiger partial charge in [-0.2, -0.15) is 0 Å². The van der Waals surface area contributed by atoms with Gasteiger partial charge in [0, 0.05) is 17.5 Å². The maximum Gasteiger partial charge on any atom is 0.138 e. The Bertz CT molecular complexity index is 317. The number of rotatable bonds is 2. The van der Waals surface area contributed by atoms with Gasteiger partial charge in [-0.05, 0) is 33.6 Å². The third-order valence-electron chi connectivity index (χ3n) is 1.84. The van der Waals surface area contributed by atoms with Crippen molar-refractivity contribution in [3.05, 3.63) is 33.0 Å². The minimum Gasteiger partial charge on any atom is -0.396 e. The van der Waals surface area contributed by atoms with Crippen LogP contribution < -0.4 is 0 Å². The highest BCUT2D eigenvalue weighted by atomic mass is 79.9. The monoisotopic (exact) mass is 266 g/mol. The molecule has 0 amide bonds. The van der Waals surface area contributed by atoms with Crippen LogP contribution in [0.2, 0.25) is 5.02 Å². The van der Waals surface area contributed by atoms with Gasteiger partial charge < -0.3 is 5.11 Å². The fourth-order valence-corrected chi connectivity index (χ4v) is 1.71. The summed E-state index contributed by atoms with van der Waals surface area (Å²) >= 11 is 8.87. The van der Waals surface area contributed by atoms with Crippen LogP contribution in [0.25, 0.3) is 0 Å². The summed E-state index contributed by atoms with van der Waals surface area (Å²) in [5.74, 6) is -0.469. The molecule has 1 aromatic rings. The molecule has 0 aromatic heterocycles. The number of benzene rings is 1. The van der Waals surface area contributed by atoms with E-state index in [1.807, 2.05) is 6.92 Å². The van der Waals surface area contributed by atoms with Crippen LogP contribution in [0.1, 0.15) is 18.4 Å². The van der Waals surface area contributed by atoms with Crippen LogP contribution in [0.3, 0.4) is 0 Å². The van der Waals surface area contributed by atoms with E-state index in [0.717, 1.165) is 5.56 Å². The average molecular weight is 268 g/mol. The van der Waals surface area contributed by atoms with Crippen molar-refractivity contribution in [3.8, 4) is 0 Å². The highest BCUT2D eigenvalue weighted by molar-refractivity contribution is 9.10. The van der Waals surface area contributed by atoms with Crippen molar-refractivity contribution in [2.24, 2.45) is 0 Å². The quantitative estimate of drug-likeness (QED) is 0.815. The van der Waals surface area contributed by atoms with Crippen LogP contribution in [0, 0.1) is 5.82 Å². The molecule has 0 aliphatic rings. The van der Waals surface area contributed by atoms with Gasteiger partial charge in [-0.15, -0.1) is 0 Å². The highest BCUT2D eigenvalue weighted by Gasteiger charge is 2.11. The molecule has 1 atom stereocenters. The van der Waals surface area contributed by atoms with E-state index >= 15 is 0 Å². The summed E-state index contributed by atoms with van der Waals surface area (Å²) in [7, 11) is 0. The molecule has 0 heterocycles. The number of halogens is 3. The third kappa shape index (κ3) is 2.42. The molecule has 0 fully saturated rings. The van der Waals surface area contributed by atoms with Gasteiger partial charge >= 0.3 is 0 Å². The second-order valence-corrected chi connectivity index (χ2v) is 4.13. The zero-order chi connectivity index (χ0) is 10.0. The lowest BCUT2D eigenvalue weighted by molar-refractivity contribution is 0.273. The van der Waals surface area contributed by atoms with E-state index < -0.39 is 0 Å². The van der Waals surface area contributed by atoms with Crippen molar-refractivity contribution in [3.63, 3.8) is 0 Å². The van der Waals surface area contributed by atoms with E-state index in [2.05, 4.69) is 15.9 Å². The molecule has 0 spiro atoms. The molecular formula is C9H9BrClFO. The SMILES string of the molecule is CC(CO)c1cc(Br)c(F)cc1Cl. The zero-order valence-corrected chi connectivity index (χ0v) is 9.36. The predicted octanol–water partition coefficient (Wildman–Crippen LogP) is 3.34. The second-order valence-electron chi connectivity index (χ2n) is 2.87. The predicted molar refractivity (Wildman–Crippen MR) is 54.6 cm³/mol. The van der Waals surface area contributed by atoms with Gasteiger partial charge in [0.1, 0.15) is 5.82 Å². The van der Waals surface area contributed by atoms with E-state index in [1.54, 1.807) is 6.07 Å². The summed E-state index contributed by atoms with van der Waals surface area (Å²) in [4.78, 5) is 0. The van der Waals surface area contributed by atoms with E-state index in [9.17, 15) is 4.39 Å². The van der Waals surface area contributed by atoms with E-state index in [0.29, 0.717) is 9.50 Å². The summed E-state index contributed by atoms with van der Waals surface area (Å²) in [6, 6.07) is 2.84. The minimum atomic E-state index is -0.390. The van der Waals surface area contributed by atoms with Crippen molar-refractivity contribution in [2.75, 3.05) is 6.61 Å². The smallest absolute Gasteiger partial charge is 0.138 e. The molecule has 0 saturated heterocycles. The lowest BCUT2D eigenvalue weighted by Gasteiger charge is -2.11. The van der Waals surface area contributed by atoms with E-state index in [1.165, 1.54) is 6.07 Å². The van der Waals surface area contributed by atoms with E-state index in [4.69, 9.17) is 16.7 Å². The van der Waals surface area contributed by atoms with Gasteiger partial charge in [-0.3, -0.25) is 0 Å². The summed E-state index contributed by atoms with van der Waals surface area (Å²) in [5, 5.41) is 9.25. The molecule has 72 valence electrons. The van der Waals surface area contributed by atoms with Crippen LogP contribution >= 0.6 is 27.5 Å². The van der Waals surface area contributed by atoms with E-state index in [-0.39, 0.29) is 18.3 Å². The van der Waals surface area contributed by atoms with Crippen molar-refractivity contribution in [2.45, 2.75) is 12.8 Å². The summed E-state index contributed by atoms with van der Waals surface area (Å²) in [5.41, 5.74) is 0.748. The number of aliphatic hydroxyl groups is 1. The Morgan fingerprint density at radius 1 is 1.62 bits per heavy atom. The standard InChI is InChI=1S/C9H9BrClFO/c1-5(4-13)6-2-7(10)9(12)3-8(6)11/h2-3,5,13H,4H2,1H3. The fourth-order valence-electron chi connectivity index (χ4n) is 1.01. The Morgan fingerprint density at radius 2 is 2.23 bits per heavy atom. The minimum absolute atomic E-state index is 0.00219. The van der Waals surface area contributed by atoms with Crippen molar-refractivity contribution < 1.29 is 9.50 Å².